The maximum Gasteiger partial charge on any atom is 0.184 e. The average Bonchev–Trinajstić information content (AvgIpc) is 2.59. The summed E-state index contributed by atoms with van der Waals surface area (Å²) in [5.41, 5.74) is 9.40. The molecule has 1 aromatic rings. The number of hydrogen-bond acceptors (Lipinski definition) is 4. The van der Waals surface area contributed by atoms with Crippen molar-refractivity contribution in [2.75, 3.05) is 19.8 Å². The molecule has 4 heteroatoms. The Morgan fingerprint density at radius 1 is 1.04 bits per heavy atom. The maximum absolute atomic E-state index is 9.27. The predicted molar refractivity (Wildman–Crippen MR) is 99.0 cm³/mol. The summed E-state index contributed by atoms with van der Waals surface area (Å²) in [6.45, 7) is 7.34. The largest absolute Gasteiger partial charge is 0.395 e. The molecule has 1 unspecified atom stereocenters. The van der Waals surface area contributed by atoms with Crippen molar-refractivity contribution in [3.05, 3.63) is 34.9 Å². The first-order valence-corrected chi connectivity index (χ1v) is 9.37. The lowest BCUT2D eigenvalue weighted by atomic mass is 9.96. The van der Waals surface area contributed by atoms with Gasteiger partial charge in [-0.25, -0.2) is 0 Å². The minimum Gasteiger partial charge on any atom is -0.395 e. The normalized spacial score (nSPS) is 12.8. The number of aliphatic hydroxyl groups excluding tert-OH is 1. The zero-order valence-electron chi connectivity index (χ0n) is 15.6. The Balaban J connectivity index is 2.96. The monoisotopic (exact) mass is 337 g/mol. The number of benzene rings is 1. The summed E-state index contributed by atoms with van der Waals surface area (Å²) in [7, 11) is 0. The van der Waals surface area contributed by atoms with Gasteiger partial charge in [0.05, 0.1) is 6.61 Å². The van der Waals surface area contributed by atoms with Gasteiger partial charge >= 0.3 is 0 Å². The Morgan fingerprint density at radius 2 is 1.75 bits per heavy atom. The van der Waals surface area contributed by atoms with Crippen molar-refractivity contribution in [2.45, 2.75) is 71.6 Å². The lowest BCUT2D eigenvalue weighted by Crippen LogP contribution is -2.28. The molecule has 0 spiro atoms. The Bertz CT molecular complexity index is 445. The van der Waals surface area contributed by atoms with Crippen molar-refractivity contribution in [3.63, 3.8) is 0 Å². The smallest absolute Gasteiger partial charge is 0.184 e. The van der Waals surface area contributed by atoms with E-state index in [0.717, 1.165) is 17.5 Å². The number of unbranched alkanes of at least 4 members (excludes halogenated alkanes) is 3. The van der Waals surface area contributed by atoms with Gasteiger partial charge in [0.2, 0.25) is 0 Å². The molecule has 0 aliphatic carbocycles. The van der Waals surface area contributed by atoms with Crippen LogP contribution in [0.5, 0.6) is 0 Å². The van der Waals surface area contributed by atoms with E-state index in [-0.39, 0.29) is 18.9 Å². The molecule has 0 fully saturated rings. The van der Waals surface area contributed by atoms with Gasteiger partial charge in [0, 0.05) is 24.8 Å². The van der Waals surface area contributed by atoms with Gasteiger partial charge in [-0.15, -0.1) is 0 Å². The molecule has 138 valence electrons. The fraction of sp³-hybridized carbons (Fsp3) is 0.700. The number of aliphatic hydroxyl groups is 1. The third-order valence-corrected chi connectivity index (χ3v) is 4.14. The molecule has 0 aliphatic heterocycles. The van der Waals surface area contributed by atoms with Crippen LogP contribution in [0.3, 0.4) is 0 Å². The van der Waals surface area contributed by atoms with Crippen LogP contribution in [0.2, 0.25) is 0 Å². The van der Waals surface area contributed by atoms with Gasteiger partial charge in [0.1, 0.15) is 0 Å². The third-order valence-electron chi connectivity index (χ3n) is 4.14. The third kappa shape index (κ3) is 7.31. The van der Waals surface area contributed by atoms with Crippen molar-refractivity contribution in [1.82, 2.24) is 0 Å². The lowest BCUT2D eigenvalue weighted by Gasteiger charge is -2.22. The van der Waals surface area contributed by atoms with Crippen molar-refractivity contribution in [2.24, 2.45) is 5.73 Å². The first-order valence-electron chi connectivity index (χ1n) is 9.37. The van der Waals surface area contributed by atoms with Gasteiger partial charge in [0.15, 0.2) is 6.29 Å². The number of aryl methyl sites for hydroxylation is 1. The van der Waals surface area contributed by atoms with Crippen molar-refractivity contribution in [3.8, 4) is 0 Å². The van der Waals surface area contributed by atoms with E-state index in [0.29, 0.717) is 19.6 Å². The highest BCUT2D eigenvalue weighted by molar-refractivity contribution is 5.34. The molecular formula is C20H35NO3. The highest BCUT2D eigenvalue weighted by Gasteiger charge is 2.18. The molecule has 0 bridgehead atoms. The number of ether oxygens (including phenoxy) is 2. The van der Waals surface area contributed by atoms with E-state index in [1.54, 1.807) is 0 Å². The van der Waals surface area contributed by atoms with Crippen LogP contribution in [-0.2, 0) is 22.3 Å². The number of nitrogens with two attached hydrogens (primary N) is 1. The van der Waals surface area contributed by atoms with Crippen molar-refractivity contribution < 1.29 is 14.6 Å². The first-order chi connectivity index (χ1) is 11.7. The van der Waals surface area contributed by atoms with Crippen LogP contribution in [0.25, 0.3) is 0 Å². The van der Waals surface area contributed by atoms with Crippen LogP contribution in [0.4, 0.5) is 0 Å². The molecule has 1 atom stereocenters. The second-order valence-corrected chi connectivity index (χ2v) is 6.23. The fourth-order valence-electron chi connectivity index (χ4n) is 2.84. The van der Waals surface area contributed by atoms with E-state index in [1.807, 2.05) is 13.8 Å². The van der Waals surface area contributed by atoms with Gasteiger partial charge in [0.25, 0.3) is 0 Å². The van der Waals surface area contributed by atoms with Crippen LogP contribution in [-0.4, -0.2) is 31.0 Å². The Hall–Kier alpha value is -0.940. The van der Waals surface area contributed by atoms with E-state index in [4.69, 9.17) is 15.2 Å². The van der Waals surface area contributed by atoms with E-state index in [2.05, 4.69) is 25.1 Å². The quantitative estimate of drug-likeness (QED) is 0.425. The van der Waals surface area contributed by atoms with E-state index >= 15 is 0 Å². The van der Waals surface area contributed by atoms with Gasteiger partial charge in [-0.05, 0) is 44.2 Å². The minimum absolute atomic E-state index is 0.0217. The van der Waals surface area contributed by atoms with E-state index in [9.17, 15) is 5.11 Å². The van der Waals surface area contributed by atoms with Crippen molar-refractivity contribution in [1.29, 1.82) is 0 Å². The first kappa shape index (κ1) is 21.1. The number of rotatable bonds is 13. The SMILES string of the molecule is CCCCCCc1ccc(CC(N)CO)c(C(OCC)OCC)c1. The second kappa shape index (κ2) is 12.4. The lowest BCUT2D eigenvalue weighted by molar-refractivity contribution is -0.140. The summed E-state index contributed by atoms with van der Waals surface area (Å²) in [6.07, 6.45) is 6.34. The molecule has 0 aromatic heterocycles. The predicted octanol–water partition coefficient (Wildman–Crippen LogP) is 3.74. The molecule has 0 saturated heterocycles. The molecule has 3 N–H and O–H groups in total. The van der Waals surface area contributed by atoms with Crippen molar-refractivity contribution >= 4 is 0 Å². The molecule has 0 amide bonds. The second-order valence-electron chi connectivity index (χ2n) is 6.23. The molecule has 0 saturated carbocycles. The standard InChI is InChI=1S/C20H35NO3/c1-4-7-8-9-10-16-11-12-17(14-18(21)15-22)19(13-16)20(23-5-2)24-6-3/h11-13,18,20,22H,4-10,14-15,21H2,1-3H3. The molecule has 24 heavy (non-hydrogen) atoms. The minimum atomic E-state index is -0.364. The molecule has 0 radical (unpaired) electrons. The van der Waals surface area contributed by atoms with Crippen LogP contribution in [0, 0.1) is 0 Å². The molecular weight excluding hydrogens is 302 g/mol. The molecule has 1 aromatic carbocycles. The number of hydrogen-bond donors (Lipinski definition) is 2. The summed E-state index contributed by atoms with van der Waals surface area (Å²) >= 11 is 0. The molecule has 0 heterocycles. The Labute approximate surface area is 147 Å². The zero-order chi connectivity index (χ0) is 17.8. The van der Waals surface area contributed by atoms with E-state index in [1.165, 1.54) is 31.2 Å². The van der Waals surface area contributed by atoms with Gasteiger partial charge < -0.3 is 20.3 Å². The molecule has 0 aliphatic rings. The van der Waals surface area contributed by atoms with Gasteiger partial charge in [-0.1, -0.05) is 44.4 Å². The molecule has 1 rings (SSSR count). The highest BCUT2D eigenvalue weighted by Crippen LogP contribution is 2.26. The topological polar surface area (TPSA) is 64.7 Å². The van der Waals surface area contributed by atoms with Crippen LogP contribution in [0.1, 0.15) is 69.4 Å². The fourth-order valence-corrected chi connectivity index (χ4v) is 2.84. The zero-order valence-corrected chi connectivity index (χ0v) is 15.6. The van der Waals surface area contributed by atoms with Crippen LogP contribution in [0.15, 0.2) is 18.2 Å². The Morgan fingerprint density at radius 3 is 2.33 bits per heavy atom. The van der Waals surface area contributed by atoms with Gasteiger partial charge in [-0.3, -0.25) is 0 Å². The summed E-state index contributed by atoms with van der Waals surface area (Å²) in [4.78, 5) is 0. The molecule has 4 nitrogen and oxygen atoms in total. The summed E-state index contributed by atoms with van der Waals surface area (Å²) in [6, 6.07) is 6.22. The maximum atomic E-state index is 9.27. The summed E-state index contributed by atoms with van der Waals surface area (Å²) < 4.78 is 11.6. The van der Waals surface area contributed by atoms with E-state index < -0.39 is 0 Å². The summed E-state index contributed by atoms with van der Waals surface area (Å²) in [5.74, 6) is 0. The average molecular weight is 338 g/mol. The highest BCUT2D eigenvalue weighted by atomic mass is 16.7. The summed E-state index contributed by atoms with van der Waals surface area (Å²) in [5, 5.41) is 9.27. The Kier molecular flexibility index (Phi) is 10.9. The van der Waals surface area contributed by atoms with Gasteiger partial charge in [-0.2, -0.15) is 0 Å². The van der Waals surface area contributed by atoms with Crippen LogP contribution < -0.4 is 5.73 Å². The van der Waals surface area contributed by atoms with Crippen LogP contribution >= 0.6 is 0 Å².